The van der Waals surface area contributed by atoms with E-state index in [2.05, 4.69) is 46.4 Å². The standard InChI is InChI=1S/C15H20BrNO/c1-10-2-3-11(8-13(10)16)9-17-14-6-7-18-15(14)12-4-5-12/h2-3,8,12,14-15,17H,4-7,9H2,1H3. The van der Waals surface area contributed by atoms with Crippen molar-refractivity contribution in [1.82, 2.24) is 5.32 Å². The minimum Gasteiger partial charge on any atom is -0.376 e. The zero-order valence-electron chi connectivity index (χ0n) is 10.8. The number of aryl methyl sites for hydroxylation is 1. The quantitative estimate of drug-likeness (QED) is 0.920. The molecule has 1 saturated carbocycles. The van der Waals surface area contributed by atoms with Crippen molar-refractivity contribution in [2.45, 2.75) is 44.9 Å². The van der Waals surface area contributed by atoms with Crippen LogP contribution in [0.15, 0.2) is 22.7 Å². The maximum Gasteiger partial charge on any atom is 0.0757 e. The Bertz CT molecular complexity index is 431. The maximum absolute atomic E-state index is 5.85. The van der Waals surface area contributed by atoms with Crippen LogP contribution in [0.4, 0.5) is 0 Å². The van der Waals surface area contributed by atoms with E-state index in [-0.39, 0.29) is 0 Å². The van der Waals surface area contributed by atoms with Crippen LogP contribution in [0.2, 0.25) is 0 Å². The van der Waals surface area contributed by atoms with Gasteiger partial charge in [-0.05, 0) is 49.3 Å². The van der Waals surface area contributed by atoms with Gasteiger partial charge in [-0.25, -0.2) is 0 Å². The van der Waals surface area contributed by atoms with Crippen molar-refractivity contribution in [3.63, 3.8) is 0 Å². The van der Waals surface area contributed by atoms with Crippen molar-refractivity contribution in [3.05, 3.63) is 33.8 Å². The Morgan fingerprint density at radius 2 is 2.17 bits per heavy atom. The van der Waals surface area contributed by atoms with E-state index in [1.165, 1.54) is 28.4 Å². The fourth-order valence-electron chi connectivity index (χ4n) is 2.71. The second kappa shape index (κ2) is 5.32. The first-order valence-corrected chi connectivity index (χ1v) is 7.63. The van der Waals surface area contributed by atoms with Crippen LogP contribution in [-0.2, 0) is 11.3 Å². The third-order valence-corrected chi connectivity index (χ3v) is 4.88. The first-order valence-electron chi connectivity index (χ1n) is 6.84. The van der Waals surface area contributed by atoms with Crippen molar-refractivity contribution < 1.29 is 4.74 Å². The SMILES string of the molecule is Cc1ccc(CNC2CCOC2C2CC2)cc1Br. The zero-order valence-corrected chi connectivity index (χ0v) is 12.4. The number of rotatable bonds is 4. The van der Waals surface area contributed by atoms with Crippen molar-refractivity contribution in [2.24, 2.45) is 5.92 Å². The Kier molecular flexibility index (Phi) is 3.73. The van der Waals surface area contributed by atoms with Gasteiger partial charge in [-0.15, -0.1) is 0 Å². The second-order valence-corrected chi connectivity index (χ2v) is 6.39. The molecule has 0 radical (unpaired) electrons. The van der Waals surface area contributed by atoms with E-state index in [4.69, 9.17) is 4.74 Å². The molecule has 1 N–H and O–H groups in total. The predicted octanol–water partition coefficient (Wildman–Crippen LogP) is 3.41. The minimum absolute atomic E-state index is 0.471. The Morgan fingerprint density at radius 1 is 1.33 bits per heavy atom. The molecule has 1 saturated heterocycles. The van der Waals surface area contributed by atoms with E-state index in [1.807, 2.05) is 0 Å². The van der Waals surface area contributed by atoms with Crippen molar-refractivity contribution >= 4 is 15.9 Å². The van der Waals surface area contributed by atoms with Crippen LogP contribution >= 0.6 is 15.9 Å². The lowest BCUT2D eigenvalue weighted by Gasteiger charge is -2.19. The topological polar surface area (TPSA) is 21.3 Å². The molecule has 0 bridgehead atoms. The Labute approximate surface area is 117 Å². The van der Waals surface area contributed by atoms with E-state index < -0.39 is 0 Å². The minimum atomic E-state index is 0.471. The van der Waals surface area contributed by atoms with Crippen LogP contribution < -0.4 is 5.32 Å². The van der Waals surface area contributed by atoms with Crippen LogP contribution in [-0.4, -0.2) is 18.8 Å². The molecule has 98 valence electrons. The summed E-state index contributed by atoms with van der Waals surface area (Å²) in [4.78, 5) is 0. The van der Waals surface area contributed by atoms with E-state index in [9.17, 15) is 0 Å². The summed E-state index contributed by atoms with van der Waals surface area (Å²) in [5.41, 5.74) is 2.63. The van der Waals surface area contributed by atoms with E-state index in [1.54, 1.807) is 0 Å². The molecular formula is C15H20BrNO. The molecule has 2 fully saturated rings. The highest BCUT2D eigenvalue weighted by Crippen LogP contribution is 2.38. The van der Waals surface area contributed by atoms with Crippen molar-refractivity contribution in [2.75, 3.05) is 6.61 Å². The van der Waals surface area contributed by atoms with Gasteiger partial charge in [0.05, 0.1) is 6.10 Å². The summed E-state index contributed by atoms with van der Waals surface area (Å²) in [7, 11) is 0. The normalized spacial score (nSPS) is 27.7. The zero-order chi connectivity index (χ0) is 12.5. The van der Waals surface area contributed by atoms with Gasteiger partial charge in [-0.1, -0.05) is 28.1 Å². The molecule has 0 amide bonds. The van der Waals surface area contributed by atoms with Gasteiger partial charge >= 0.3 is 0 Å². The third kappa shape index (κ3) is 2.79. The van der Waals surface area contributed by atoms with Gasteiger partial charge in [0, 0.05) is 23.7 Å². The van der Waals surface area contributed by atoms with Crippen molar-refractivity contribution in [3.8, 4) is 0 Å². The van der Waals surface area contributed by atoms with Gasteiger partial charge in [0.15, 0.2) is 0 Å². The fourth-order valence-corrected chi connectivity index (χ4v) is 3.14. The first kappa shape index (κ1) is 12.6. The number of halogens is 1. The number of nitrogens with one attached hydrogen (secondary N) is 1. The van der Waals surface area contributed by atoms with Crippen LogP contribution in [0, 0.1) is 12.8 Å². The molecule has 0 aromatic heterocycles. The van der Waals surface area contributed by atoms with Gasteiger partial charge < -0.3 is 10.1 Å². The first-order chi connectivity index (χ1) is 8.74. The molecule has 1 aromatic carbocycles. The monoisotopic (exact) mass is 309 g/mol. The van der Waals surface area contributed by atoms with E-state index >= 15 is 0 Å². The maximum atomic E-state index is 5.85. The van der Waals surface area contributed by atoms with Crippen LogP contribution in [0.3, 0.4) is 0 Å². The van der Waals surface area contributed by atoms with Crippen LogP contribution in [0.5, 0.6) is 0 Å². The molecule has 2 aliphatic rings. The Hall–Kier alpha value is -0.380. The predicted molar refractivity (Wildman–Crippen MR) is 76.6 cm³/mol. The lowest BCUT2D eigenvalue weighted by molar-refractivity contribution is 0.0809. The largest absolute Gasteiger partial charge is 0.376 e. The lowest BCUT2D eigenvalue weighted by Crippen LogP contribution is -2.37. The van der Waals surface area contributed by atoms with Crippen LogP contribution in [0.25, 0.3) is 0 Å². The summed E-state index contributed by atoms with van der Waals surface area (Å²) in [5, 5.41) is 3.67. The Balaban J connectivity index is 1.58. The highest BCUT2D eigenvalue weighted by molar-refractivity contribution is 9.10. The highest BCUT2D eigenvalue weighted by Gasteiger charge is 2.40. The van der Waals surface area contributed by atoms with Crippen molar-refractivity contribution in [1.29, 1.82) is 0 Å². The summed E-state index contributed by atoms with van der Waals surface area (Å²) in [6.45, 7) is 3.99. The molecule has 1 aliphatic carbocycles. The van der Waals surface area contributed by atoms with Crippen LogP contribution in [0.1, 0.15) is 30.4 Å². The summed E-state index contributed by atoms with van der Waals surface area (Å²) in [5.74, 6) is 0.828. The lowest BCUT2D eigenvalue weighted by atomic mass is 10.1. The van der Waals surface area contributed by atoms with E-state index in [0.29, 0.717) is 12.1 Å². The second-order valence-electron chi connectivity index (χ2n) is 5.53. The van der Waals surface area contributed by atoms with Gasteiger partial charge in [0.25, 0.3) is 0 Å². The highest BCUT2D eigenvalue weighted by atomic mass is 79.9. The molecule has 1 heterocycles. The molecule has 2 unspecified atom stereocenters. The average Bonchev–Trinajstić information content (AvgIpc) is 3.10. The molecule has 1 aromatic rings. The number of benzene rings is 1. The molecule has 2 atom stereocenters. The molecule has 3 rings (SSSR count). The van der Waals surface area contributed by atoms with Gasteiger partial charge in [-0.3, -0.25) is 0 Å². The van der Waals surface area contributed by atoms with Gasteiger partial charge in [0.1, 0.15) is 0 Å². The summed E-state index contributed by atoms with van der Waals surface area (Å²) < 4.78 is 7.05. The Morgan fingerprint density at radius 3 is 2.89 bits per heavy atom. The average molecular weight is 310 g/mol. The van der Waals surface area contributed by atoms with Gasteiger partial charge in [-0.2, -0.15) is 0 Å². The summed E-state index contributed by atoms with van der Waals surface area (Å²) >= 11 is 3.59. The third-order valence-electron chi connectivity index (χ3n) is 4.03. The molecular weight excluding hydrogens is 290 g/mol. The summed E-state index contributed by atoms with van der Waals surface area (Å²) in [6.07, 6.45) is 4.35. The summed E-state index contributed by atoms with van der Waals surface area (Å²) in [6, 6.07) is 7.14. The number of hydrogen-bond acceptors (Lipinski definition) is 2. The fraction of sp³-hybridized carbons (Fsp3) is 0.600. The molecule has 0 spiro atoms. The molecule has 1 aliphatic heterocycles. The number of hydrogen-bond donors (Lipinski definition) is 1. The molecule has 18 heavy (non-hydrogen) atoms. The van der Waals surface area contributed by atoms with Gasteiger partial charge in [0.2, 0.25) is 0 Å². The number of ether oxygens (including phenoxy) is 1. The van der Waals surface area contributed by atoms with E-state index in [0.717, 1.165) is 25.5 Å². The molecule has 3 heteroatoms. The molecule has 2 nitrogen and oxygen atoms in total. The smallest absolute Gasteiger partial charge is 0.0757 e.